The van der Waals surface area contributed by atoms with E-state index in [-0.39, 0.29) is 29.8 Å². The summed E-state index contributed by atoms with van der Waals surface area (Å²) in [5.41, 5.74) is 3.78. The van der Waals surface area contributed by atoms with E-state index in [1.165, 1.54) is 30.2 Å². The summed E-state index contributed by atoms with van der Waals surface area (Å²) in [6.07, 6.45) is 0.963. The number of hydrogen-bond donors (Lipinski definition) is 3. The van der Waals surface area contributed by atoms with E-state index in [4.69, 9.17) is 0 Å². The summed E-state index contributed by atoms with van der Waals surface area (Å²) in [4.78, 5) is 14.1. The van der Waals surface area contributed by atoms with Crippen LogP contribution < -0.4 is 15.5 Å². The number of benzene rings is 2. The van der Waals surface area contributed by atoms with Gasteiger partial charge in [-0.15, -0.1) is 0 Å². The van der Waals surface area contributed by atoms with Crippen molar-refractivity contribution in [3.8, 4) is 0 Å². The summed E-state index contributed by atoms with van der Waals surface area (Å²) in [6, 6.07) is 9.18. The first-order chi connectivity index (χ1) is 16.3. The average molecular weight is 488 g/mol. The second kappa shape index (κ2) is 10.6. The average Bonchev–Trinajstić information content (AvgIpc) is 2.72. The molecule has 0 aliphatic carbocycles. The molecule has 0 spiro atoms. The van der Waals surface area contributed by atoms with Crippen molar-refractivity contribution in [2.45, 2.75) is 71.6 Å². The fourth-order valence-electron chi connectivity index (χ4n) is 4.91. The van der Waals surface area contributed by atoms with E-state index in [1.54, 1.807) is 0 Å². The van der Waals surface area contributed by atoms with E-state index in [0.29, 0.717) is 5.56 Å². The second-order valence-corrected chi connectivity index (χ2v) is 11.3. The fourth-order valence-corrected chi connectivity index (χ4v) is 4.91. The zero-order chi connectivity index (χ0) is 26.0. The van der Waals surface area contributed by atoms with Gasteiger partial charge in [0.05, 0.1) is 12.1 Å². The van der Waals surface area contributed by atoms with Gasteiger partial charge in [0, 0.05) is 44.4 Å². The van der Waals surface area contributed by atoms with Crippen LogP contribution >= 0.6 is 0 Å². The lowest BCUT2D eigenvalue weighted by Gasteiger charge is -2.42. The summed E-state index contributed by atoms with van der Waals surface area (Å²) < 4.78 is 27.4. The molecule has 0 unspecified atom stereocenters. The van der Waals surface area contributed by atoms with Crippen molar-refractivity contribution in [1.82, 2.24) is 10.6 Å². The Balaban J connectivity index is 1.80. The lowest BCUT2D eigenvalue weighted by Crippen LogP contribution is -2.53. The molecule has 0 radical (unpaired) electrons. The van der Waals surface area contributed by atoms with E-state index in [2.05, 4.69) is 68.5 Å². The summed E-state index contributed by atoms with van der Waals surface area (Å²) in [7, 11) is 2.08. The van der Waals surface area contributed by atoms with Gasteiger partial charge in [0.15, 0.2) is 0 Å². The molecule has 5 nitrogen and oxygen atoms in total. The molecule has 1 amide bonds. The summed E-state index contributed by atoms with van der Waals surface area (Å²) in [6.45, 7) is 11.2. The van der Waals surface area contributed by atoms with Gasteiger partial charge in [-0.05, 0) is 66.5 Å². The number of amides is 1. The van der Waals surface area contributed by atoms with Crippen LogP contribution in [0.2, 0.25) is 0 Å². The fraction of sp³-hybridized carbons (Fsp3) is 0.536. The van der Waals surface area contributed by atoms with Gasteiger partial charge in [-0.3, -0.25) is 4.79 Å². The number of aliphatic hydroxyl groups excluding tert-OH is 1. The van der Waals surface area contributed by atoms with Crippen molar-refractivity contribution in [3.05, 3.63) is 64.7 Å². The third-order valence-electron chi connectivity index (χ3n) is 6.68. The molecular formula is C28H39F2N3O2. The topological polar surface area (TPSA) is 64.6 Å². The Bertz CT molecular complexity index is 1030. The molecule has 192 valence electrons. The van der Waals surface area contributed by atoms with Crippen molar-refractivity contribution in [1.29, 1.82) is 0 Å². The molecule has 0 fully saturated rings. The third-order valence-corrected chi connectivity index (χ3v) is 6.68. The smallest absolute Gasteiger partial charge is 0.217 e. The summed E-state index contributed by atoms with van der Waals surface area (Å²) in [5.74, 6) is -1.68. The molecule has 1 aliphatic heterocycles. The molecule has 1 heterocycles. The van der Waals surface area contributed by atoms with Crippen LogP contribution in [0.3, 0.4) is 0 Å². The van der Waals surface area contributed by atoms with Gasteiger partial charge in [0.1, 0.15) is 11.6 Å². The van der Waals surface area contributed by atoms with Crippen LogP contribution in [0.1, 0.15) is 57.7 Å². The first-order valence-corrected chi connectivity index (χ1v) is 12.3. The standard InChI is InChI=1S/C28H39F2N3O2/c1-18(34)32-24(14-20-11-21(29)15-22(30)12-20)26(35)17-31-28(5)9-10-33(6)25-8-7-19(13-23(25)28)16-27(2,3)4/h7-8,11-13,15,24,26,31,35H,9-10,14,16-17H2,1-6H3,(H,32,34)/t24-,26+,28-/m0/s1. The number of halogens is 2. The number of nitrogens with one attached hydrogen (secondary N) is 2. The van der Waals surface area contributed by atoms with Crippen LogP contribution in [0.4, 0.5) is 14.5 Å². The summed E-state index contributed by atoms with van der Waals surface area (Å²) >= 11 is 0. The highest BCUT2D eigenvalue weighted by Crippen LogP contribution is 2.39. The maximum Gasteiger partial charge on any atom is 0.217 e. The van der Waals surface area contributed by atoms with Crippen molar-refractivity contribution in [2.75, 3.05) is 25.0 Å². The number of rotatable bonds is 8. The quantitative estimate of drug-likeness (QED) is 0.519. The number of hydrogen-bond acceptors (Lipinski definition) is 4. The largest absolute Gasteiger partial charge is 0.390 e. The molecule has 7 heteroatoms. The third kappa shape index (κ3) is 7.24. The minimum atomic E-state index is -0.956. The number of aliphatic hydroxyl groups is 1. The molecule has 0 aromatic heterocycles. The monoisotopic (exact) mass is 487 g/mol. The first kappa shape index (κ1) is 27.1. The normalized spacial score (nSPS) is 19.7. The van der Waals surface area contributed by atoms with Crippen LogP contribution in [0, 0.1) is 17.0 Å². The molecule has 3 N–H and O–H groups in total. The number of nitrogens with zero attached hydrogens (tertiary/aromatic N) is 1. The molecule has 35 heavy (non-hydrogen) atoms. The number of carbonyl (C=O) groups is 1. The lowest BCUT2D eigenvalue weighted by molar-refractivity contribution is -0.120. The Hall–Kier alpha value is -2.51. The van der Waals surface area contributed by atoms with Gasteiger partial charge in [0.2, 0.25) is 5.91 Å². The van der Waals surface area contributed by atoms with Crippen LogP contribution in [0.25, 0.3) is 0 Å². The predicted molar refractivity (Wildman–Crippen MR) is 137 cm³/mol. The molecule has 1 aliphatic rings. The van der Waals surface area contributed by atoms with E-state index >= 15 is 0 Å². The second-order valence-electron chi connectivity index (χ2n) is 11.3. The zero-order valence-corrected chi connectivity index (χ0v) is 21.7. The van der Waals surface area contributed by atoms with Gasteiger partial charge in [0.25, 0.3) is 0 Å². The highest BCUT2D eigenvalue weighted by Gasteiger charge is 2.35. The van der Waals surface area contributed by atoms with E-state index in [9.17, 15) is 18.7 Å². The Morgan fingerprint density at radius 3 is 2.40 bits per heavy atom. The molecule has 3 rings (SSSR count). The van der Waals surface area contributed by atoms with E-state index < -0.39 is 23.8 Å². The maximum absolute atomic E-state index is 13.7. The molecule has 0 saturated carbocycles. The Morgan fingerprint density at radius 1 is 1.14 bits per heavy atom. The van der Waals surface area contributed by atoms with Gasteiger partial charge in [-0.25, -0.2) is 8.78 Å². The van der Waals surface area contributed by atoms with Crippen molar-refractivity contribution in [3.63, 3.8) is 0 Å². The molecule has 2 aromatic rings. The maximum atomic E-state index is 13.7. The Morgan fingerprint density at radius 2 is 1.80 bits per heavy atom. The lowest BCUT2D eigenvalue weighted by atomic mass is 9.80. The van der Waals surface area contributed by atoms with Crippen LogP contribution in [-0.4, -0.2) is 43.3 Å². The molecular weight excluding hydrogens is 448 g/mol. The first-order valence-electron chi connectivity index (χ1n) is 12.3. The Kier molecular flexibility index (Phi) is 8.22. The SMILES string of the molecule is CC(=O)N[C@@H](Cc1cc(F)cc(F)c1)[C@H](O)CN[C@@]1(C)CCN(C)c2ccc(CC(C)(C)C)cc21. The highest BCUT2D eigenvalue weighted by atomic mass is 19.1. The van der Waals surface area contributed by atoms with Crippen molar-refractivity contribution >= 4 is 11.6 Å². The van der Waals surface area contributed by atoms with Crippen LogP contribution in [-0.2, 0) is 23.2 Å². The van der Waals surface area contributed by atoms with Gasteiger partial charge in [-0.1, -0.05) is 32.9 Å². The minimum absolute atomic E-state index is 0.114. The van der Waals surface area contributed by atoms with E-state index in [0.717, 1.165) is 31.1 Å². The molecule has 2 aromatic carbocycles. The minimum Gasteiger partial charge on any atom is -0.390 e. The van der Waals surface area contributed by atoms with Gasteiger partial charge in [-0.2, -0.15) is 0 Å². The number of fused-ring (bicyclic) bond motifs is 1. The number of carbonyl (C=O) groups excluding carboxylic acids is 1. The highest BCUT2D eigenvalue weighted by molar-refractivity contribution is 5.73. The molecule has 3 atom stereocenters. The van der Waals surface area contributed by atoms with Crippen LogP contribution in [0.5, 0.6) is 0 Å². The molecule has 0 bridgehead atoms. The van der Waals surface area contributed by atoms with Crippen molar-refractivity contribution in [2.24, 2.45) is 5.41 Å². The van der Waals surface area contributed by atoms with Crippen LogP contribution in [0.15, 0.2) is 36.4 Å². The van der Waals surface area contributed by atoms with Gasteiger partial charge >= 0.3 is 0 Å². The Labute approximate surface area is 207 Å². The van der Waals surface area contributed by atoms with Gasteiger partial charge < -0.3 is 20.6 Å². The number of anilines is 1. The zero-order valence-electron chi connectivity index (χ0n) is 21.7. The predicted octanol–water partition coefficient (Wildman–Crippen LogP) is 4.31. The summed E-state index contributed by atoms with van der Waals surface area (Å²) in [5, 5.41) is 17.3. The van der Waals surface area contributed by atoms with Crippen molar-refractivity contribution < 1.29 is 18.7 Å². The van der Waals surface area contributed by atoms with E-state index in [1.807, 2.05) is 0 Å². The molecule has 0 saturated heterocycles.